The molecule has 0 bridgehead atoms. The first-order chi connectivity index (χ1) is 15.1. The number of nitrogens with one attached hydrogen (secondary N) is 2. The van der Waals surface area contributed by atoms with Gasteiger partial charge >= 0.3 is 0 Å². The summed E-state index contributed by atoms with van der Waals surface area (Å²) in [5, 5.41) is 8.47. The van der Waals surface area contributed by atoms with Gasteiger partial charge in [-0.1, -0.05) is 41.9 Å². The van der Waals surface area contributed by atoms with Crippen molar-refractivity contribution in [3.05, 3.63) is 82.6 Å². The molecule has 1 spiro atoms. The van der Waals surface area contributed by atoms with Gasteiger partial charge < -0.3 is 0 Å². The van der Waals surface area contributed by atoms with Gasteiger partial charge in [-0.3, -0.25) is 15.6 Å². The fraction of sp³-hybridized carbons (Fsp3) is 0.400. The minimum Gasteiger partial charge on any atom is -0.299 e. The van der Waals surface area contributed by atoms with E-state index in [1.807, 2.05) is 12.2 Å². The summed E-state index contributed by atoms with van der Waals surface area (Å²) in [4.78, 5) is 2.59. The van der Waals surface area contributed by atoms with E-state index in [9.17, 15) is 4.39 Å². The molecule has 1 saturated heterocycles. The van der Waals surface area contributed by atoms with Gasteiger partial charge in [-0.15, -0.1) is 0 Å². The van der Waals surface area contributed by atoms with E-state index in [2.05, 4.69) is 51.1 Å². The van der Waals surface area contributed by atoms with E-state index in [4.69, 9.17) is 11.6 Å². The molecule has 2 aromatic carbocycles. The summed E-state index contributed by atoms with van der Waals surface area (Å²) in [7, 11) is 0. The molecule has 2 heterocycles. The Labute approximate surface area is 188 Å². The topological polar surface area (TPSA) is 39.7 Å². The van der Waals surface area contributed by atoms with Crippen molar-refractivity contribution in [3.8, 4) is 0 Å². The van der Waals surface area contributed by atoms with E-state index >= 15 is 0 Å². The van der Waals surface area contributed by atoms with E-state index < -0.39 is 0 Å². The molecule has 5 rings (SSSR count). The Morgan fingerprint density at radius 1 is 1.16 bits per heavy atom. The van der Waals surface area contributed by atoms with Gasteiger partial charge in [-0.25, -0.2) is 4.39 Å². The number of hydrogen-bond acceptors (Lipinski definition) is 4. The van der Waals surface area contributed by atoms with Crippen LogP contribution in [0.25, 0.3) is 0 Å². The van der Waals surface area contributed by atoms with Crippen molar-refractivity contribution in [2.24, 2.45) is 16.4 Å². The van der Waals surface area contributed by atoms with Gasteiger partial charge in [0, 0.05) is 18.7 Å². The van der Waals surface area contributed by atoms with Gasteiger partial charge in [-0.2, -0.15) is 5.10 Å². The van der Waals surface area contributed by atoms with Crippen molar-refractivity contribution >= 4 is 17.3 Å². The van der Waals surface area contributed by atoms with Gasteiger partial charge in [0.05, 0.1) is 10.7 Å². The number of allylic oxidation sites excluding steroid dienone is 1. The molecule has 4 nitrogen and oxygen atoms in total. The molecule has 1 saturated carbocycles. The van der Waals surface area contributed by atoms with Crippen LogP contribution in [0.15, 0.2) is 65.8 Å². The second-order valence-electron chi connectivity index (χ2n) is 9.02. The monoisotopic (exact) mass is 438 g/mol. The van der Waals surface area contributed by atoms with Gasteiger partial charge in [-0.05, 0) is 79.6 Å². The number of hydrazone groups is 1. The van der Waals surface area contributed by atoms with Crippen molar-refractivity contribution in [1.82, 2.24) is 15.6 Å². The zero-order chi connectivity index (χ0) is 21.3. The fourth-order valence-electron chi connectivity index (χ4n) is 4.96. The number of rotatable bonds is 6. The van der Waals surface area contributed by atoms with Gasteiger partial charge in [0.2, 0.25) is 0 Å². The van der Waals surface area contributed by atoms with Crippen LogP contribution in [0.1, 0.15) is 30.4 Å². The first kappa shape index (κ1) is 20.7. The lowest BCUT2D eigenvalue weighted by Crippen LogP contribution is -2.42. The van der Waals surface area contributed by atoms with E-state index in [1.54, 1.807) is 6.07 Å². The quantitative estimate of drug-likeness (QED) is 0.694. The number of halogens is 2. The normalized spacial score (nSPS) is 24.6. The van der Waals surface area contributed by atoms with Crippen molar-refractivity contribution in [1.29, 1.82) is 0 Å². The van der Waals surface area contributed by atoms with Crippen LogP contribution in [0, 0.1) is 17.2 Å². The molecule has 2 aliphatic heterocycles. The molecule has 0 amide bonds. The molecule has 0 aromatic heterocycles. The molecular weight excluding hydrogens is 411 g/mol. The Morgan fingerprint density at radius 2 is 1.97 bits per heavy atom. The highest BCUT2D eigenvalue weighted by atomic mass is 35.5. The second kappa shape index (κ2) is 8.73. The van der Waals surface area contributed by atoms with E-state index in [1.165, 1.54) is 50.0 Å². The van der Waals surface area contributed by atoms with E-state index in [0.29, 0.717) is 21.7 Å². The third-order valence-electron chi connectivity index (χ3n) is 7.02. The van der Waals surface area contributed by atoms with Gasteiger partial charge in [0.1, 0.15) is 12.0 Å². The Bertz CT molecular complexity index is 982. The first-order valence-electron chi connectivity index (χ1n) is 11.1. The zero-order valence-electron chi connectivity index (χ0n) is 17.5. The lowest BCUT2D eigenvalue weighted by atomic mass is 9.90. The number of likely N-dealkylation sites (tertiary alicyclic amines) is 1. The second-order valence-corrected chi connectivity index (χ2v) is 9.43. The summed E-state index contributed by atoms with van der Waals surface area (Å²) in [5.74, 6) is 0.425. The summed E-state index contributed by atoms with van der Waals surface area (Å²) < 4.78 is 13.5. The lowest BCUT2D eigenvalue weighted by Gasteiger charge is -2.33. The third kappa shape index (κ3) is 4.69. The molecular formula is C25H28ClFN4. The van der Waals surface area contributed by atoms with Gasteiger partial charge in [0.25, 0.3) is 0 Å². The van der Waals surface area contributed by atoms with Crippen molar-refractivity contribution in [2.45, 2.75) is 32.0 Å². The zero-order valence-corrected chi connectivity index (χ0v) is 18.3. The van der Waals surface area contributed by atoms with Crippen LogP contribution < -0.4 is 10.7 Å². The maximum Gasteiger partial charge on any atom is 0.123 e. The molecule has 1 aliphatic carbocycles. The lowest BCUT2D eigenvalue weighted by molar-refractivity contribution is 0.155. The Balaban J connectivity index is 1.07. The van der Waals surface area contributed by atoms with E-state index in [-0.39, 0.29) is 12.0 Å². The molecule has 3 aliphatic rings. The SMILES string of the molecule is Fc1ccc(Cl)c(C2=NNC(NCC3CC34CCN(Cc3ccccc3)CC4)C=C2)c1. The number of piperidine rings is 1. The smallest absolute Gasteiger partial charge is 0.123 e. The first-order valence-corrected chi connectivity index (χ1v) is 11.5. The number of nitrogens with zero attached hydrogens (tertiary/aromatic N) is 2. The standard InChI is InChI=1S/C25H28ClFN4/c26-22-7-6-20(27)14-21(22)23-8-9-24(30-29-23)28-16-19-15-25(19)10-12-31(13-11-25)17-18-4-2-1-3-5-18/h1-9,14,19,24,28,30H,10-13,15-17H2. The average molecular weight is 439 g/mol. The summed E-state index contributed by atoms with van der Waals surface area (Å²) >= 11 is 6.19. The molecule has 2 atom stereocenters. The van der Waals surface area contributed by atoms with Crippen LogP contribution >= 0.6 is 11.6 Å². The Hall–Kier alpha value is -2.21. The van der Waals surface area contributed by atoms with Crippen LogP contribution in [0.2, 0.25) is 5.02 Å². The predicted molar refractivity (Wildman–Crippen MR) is 124 cm³/mol. The Morgan fingerprint density at radius 3 is 2.71 bits per heavy atom. The summed E-state index contributed by atoms with van der Waals surface area (Å²) in [6.07, 6.45) is 7.83. The van der Waals surface area contributed by atoms with Crippen LogP contribution in [0.3, 0.4) is 0 Å². The van der Waals surface area contributed by atoms with Crippen LogP contribution in [0.4, 0.5) is 4.39 Å². The highest BCUT2D eigenvalue weighted by Gasteiger charge is 2.54. The average Bonchev–Trinajstić information content (AvgIpc) is 3.48. The largest absolute Gasteiger partial charge is 0.299 e. The molecule has 31 heavy (non-hydrogen) atoms. The molecule has 2 unspecified atom stereocenters. The summed E-state index contributed by atoms with van der Waals surface area (Å²) in [6.45, 7) is 4.43. The molecule has 162 valence electrons. The minimum atomic E-state index is -0.315. The summed E-state index contributed by atoms with van der Waals surface area (Å²) in [6, 6.07) is 15.1. The van der Waals surface area contributed by atoms with Crippen molar-refractivity contribution in [2.75, 3.05) is 19.6 Å². The number of benzene rings is 2. The predicted octanol–water partition coefficient (Wildman–Crippen LogP) is 4.56. The molecule has 2 aromatic rings. The highest BCUT2D eigenvalue weighted by Crippen LogP contribution is 2.59. The van der Waals surface area contributed by atoms with Crippen molar-refractivity contribution < 1.29 is 4.39 Å². The van der Waals surface area contributed by atoms with Gasteiger partial charge in [0.15, 0.2) is 0 Å². The molecule has 0 radical (unpaired) electrons. The molecule has 2 N–H and O–H groups in total. The van der Waals surface area contributed by atoms with Crippen LogP contribution in [-0.4, -0.2) is 36.4 Å². The third-order valence-corrected chi connectivity index (χ3v) is 7.35. The fourth-order valence-corrected chi connectivity index (χ4v) is 5.18. The maximum absolute atomic E-state index is 13.5. The summed E-state index contributed by atoms with van der Waals surface area (Å²) in [5.41, 5.74) is 6.31. The van der Waals surface area contributed by atoms with Crippen LogP contribution in [0.5, 0.6) is 0 Å². The molecule has 6 heteroatoms. The minimum absolute atomic E-state index is 0.00750. The highest BCUT2D eigenvalue weighted by molar-refractivity contribution is 6.35. The van der Waals surface area contributed by atoms with Crippen LogP contribution in [-0.2, 0) is 6.54 Å². The van der Waals surface area contributed by atoms with Crippen molar-refractivity contribution in [3.63, 3.8) is 0 Å². The number of hydrogen-bond donors (Lipinski definition) is 2. The Kier molecular flexibility index (Phi) is 5.83. The maximum atomic E-state index is 13.5. The molecule has 2 fully saturated rings. The van der Waals surface area contributed by atoms with E-state index in [0.717, 1.165) is 19.0 Å².